The minimum absolute atomic E-state index is 0.112. The van der Waals surface area contributed by atoms with Crippen LogP contribution >= 0.6 is 0 Å². The fourth-order valence-corrected chi connectivity index (χ4v) is 4.17. The van der Waals surface area contributed by atoms with Crippen molar-refractivity contribution in [2.45, 2.75) is 38.4 Å². The molecule has 1 aliphatic heterocycles. The first-order chi connectivity index (χ1) is 13.5. The summed E-state index contributed by atoms with van der Waals surface area (Å²) in [6.45, 7) is 4.37. The highest BCUT2D eigenvalue weighted by molar-refractivity contribution is 5.89. The number of nitrogens with zero attached hydrogens (tertiary/aromatic N) is 1. The van der Waals surface area contributed by atoms with Gasteiger partial charge in [0.15, 0.2) is 0 Å². The quantitative estimate of drug-likeness (QED) is 0.564. The number of hydrogen-bond donors (Lipinski definition) is 1. The number of carbonyl (C=O) groups excluding carboxylic acids is 2. The van der Waals surface area contributed by atoms with E-state index in [0.717, 1.165) is 0 Å². The number of aliphatic hydroxyl groups excluding tert-OH is 1. The Morgan fingerprint density at radius 2 is 1.96 bits per heavy atom. The fourth-order valence-electron chi connectivity index (χ4n) is 4.17. The summed E-state index contributed by atoms with van der Waals surface area (Å²) in [7, 11) is 1.34. The minimum atomic E-state index is -0.596. The molecule has 1 saturated heterocycles. The second kappa shape index (κ2) is 9.39. The van der Waals surface area contributed by atoms with E-state index in [2.05, 4.69) is 0 Å². The summed E-state index contributed by atoms with van der Waals surface area (Å²) in [5.41, 5.74) is 0.412. The van der Waals surface area contributed by atoms with Gasteiger partial charge in [0.1, 0.15) is 11.9 Å². The summed E-state index contributed by atoms with van der Waals surface area (Å²) >= 11 is 0. The average Bonchev–Trinajstić information content (AvgIpc) is 3.10. The molecule has 28 heavy (non-hydrogen) atoms. The van der Waals surface area contributed by atoms with Crippen molar-refractivity contribution < 1.29 is 28.9 Å². The lowest BCUT2D eigenvalue weighted by atomic mass is 9.78. The lowest BCUT2D eigenvalue weighted by molar-refractivity contribution is -0.131. The molecule has 154 valence electrons. The van der Waals surface area contributed by atoms with Gasteiger partial charge in [0, 0.05) is 19.7 Å². The van der Waals surface area contributed by atoms with E-state index in [4.69, 9.17) is 14.2 Å². The number of methoxy groups -OCH3 is 1. The van der Waals surface area contributed by atoms with Crippen molar-refractivity contribution in [1.29, 1.82) is 0 Å². The van der Waals surface area contributed by atoms with E-state index in [0.29, 0.717) is 68.7 Å². The summed E-state index contributed by atoms with van der Waals surface area (Å²) < 4.78 is 16.0. The van der Waals surface area contributed by atoms with Gasteiger partial charge in [-0.15, -0.1) is 0 Å². The summed E-state index contributed by atoms with van der Waals surface area (Å²) in [6, 6.07) is 6.79. The van der Waals surface area contributed by atoms with Crippen molar-refractivity contribution in [2.75, 3.05) is 33.4 Å². The average molecular weight is 391 g/mol. The van der Waals surface area contributed by atoms with Gasteiger partial charge >= 0.3 is 5.97 Å². The van der Waals surface area contributed by atoms with Crippen LogP contribution in [0.3, 0.4) is 0 Å². The minimum Gasteiger partial charge on any atom is -0.488 e. The third kappa shape index (κ3) is 4.83. The van der Waals surface area contributed by atoms with E-state index >= 15 is 0 Å². The number of ether oxygens (including phenoxy) is 3. The van der Waals surface area contributed by atoms with Crippen LogP contribution in [-0.2, 0) is 14.3 Å². The van der Waals surface area contributed by atoms with E-state index in [1.54, 1.807) is 24.3 Å². The lowest BCUT2D eigenvalue weighted by Crippen LogP contribution is -2.42. The molecular weight excluding hydrogens is 362 g/mol. The van der Waals surface area contributed by atoms with Gasteiger partial charge in [-0.05, 0) is 49.8 Å². The number of benzene rings is 1. The summed E-state index contributed by atoms with van der Waals surface area (Å²) in [5.74, 6) is 0.834. The van der Waals surface area contributed by atoms with E-state index < -0.39 is 12.1 Å². The molecular formula is C21H29NO6. The van der Waals surface area contributed by atoms with Gasteiger partial charge in [-0.3, -0.25) is 4.79 Å². The van der Waals surface area contributed by atoms with Crippen molar-refractivity contribution in [1.82, 2.24) is 4.90 Å². The molecule has 3 rings (SSSR count). The molecule has 0 unspecified atom stereocenters. The number of esters is 1. The van der Waals surface area contributed by atoms with Crippen molar-refractivity contribution in [2.24, 2.45) is 11.8 Å². The molecule has 4 atom stereocenters. The summed E-state index contributed by atoms with van der Waals surface area (Å²) in [6.07, 6.45) is 0.745. The van der Waals surface area contributed by atoms with Crippen LogP contribution in [0, 0.1) is 11.8 Å². The first-order valence-electron chi connectivity index (χ1n) is 9.90. The Balaban J connectivity index is 1.58. The van der Waals surface area contributed by atoms with Crippen LogP contribution in [0.2, 0.25) is 0 Å². The zero-order chi connectivity index (χ0) is 20.1. The Kier molecular flexibility index (Phi) is 6.91. The predicted molar refractivity (Wildman–Crippen MR) is 102 cm³/mol. The smallest absolute Gasteiger partial charge is 0.337 e. The van der Waals surface area contributed by atoms with Gasteiger partial charge < -0.3 is 24.2 Å². The van der Waals surface area contributed by atoms with Crippen molar-refractivity contribution in [3.8, 4) is 5.75 Å². The van der Waals surface area contributed by atoms with Crippen LogP contribution < -0.4 is 4.74 Å². The molecule has 2 fully saturated rings. The number of amides is 1. The van der Waals surface area contributed by atoms with Gasteiger partial charge in [0.05, 0.1) is 31.8 Å². The molecule has 0 aromatic heterocycles. The first kappa shape index (κ1) is 20.6. The Hall–Kier alpha value is -2.12. The maximum atomic E-state index is 12.4. The standard InChI is InChI=1S/C21H29NO6/c1-3-27-8-7-20(24)22-12-15-10-18(23)19(11-16(15)13-22)28-17-6-4-5-14(9-17)21(25)26-2/h4-6,9,15-16,18-19,23H,3,7-8,10-13H2,1-2H3/t15-,16+,18+,19+/m0/s1. The molecule has 1 amide bonds. The predicted octanol–water partition coefficient (Wildman–Crippen LogP) is 1.88. The number of hydrogen-bond acceptors (Lipinski definition) is 6. The Morgan fingerprint density at radius 1 is 1.21 bits per heavy atom. The zero-order valence-electron chi connectivity index (χ0n) is 16.5. The number of likely N-dealkylation sites (tertiary alicyclic amines) is 1. The molecule has 7 heteroatoms. The monoisotopic (exact) mass is 391 g/mol. The Labute approximate surface area is 165 Å². The molecule has 1 aromatic rings. The van der Waals surface area contributed by atoms with Crippen molar-refractivity contribution in [3.05, 3.63) is 29.8 Å². The van der Waals surface area contributed by atoms with Crippen molar-refractivity contribution in [3.63, 3.8) is 0 Å². The van der Waals surface area contributed by atoms with Crippen LogP contribution in [0.25, 0.3) is 0 Å². The SMILES string of the molecule is CCOCCC(=O)N1C[C@H]2C[C@@H](Oc3cccc(C(=O)OC)c3)[C@H](O)C[C@H]2C1. The van der Waals surface area contributed by atoms with Crippen LogP contribution in [0.1, 0.15) is 36.5 Å². The van der Waals surface area contributed by atoms with E-state index in [1.807, 2.05) is 11.8 Å². The number of aliphatic hydroxyl groups is 1. The van der Waals surface area contributed by atoms with Gasteiger partial charge in [-0.25, -0.2) is 4.79 Å². The van der Waals surface area contributed by atoms with Gasteiger partial charge in [-0.1, -0.05) is 6.07 Å². The molecule has 2 aliphatic rings. The van der Waals surface area contributed by atoms with Crippen molar-refractivity contribution >= 4 is 11.9 Å². The fraction of sp³-hybridized carbons (Fsp3) is 0.619. The maximum Gasteiger partial charge on any atom is 0.337 e. The van der Waals surface area contributed by atoms with Crippen LogP contribution in [0.5, 0.6) is 5.75 Å². The molecule has 1 saturated carbocycles. The summed E-state index contributed by atoms with van der Waals surface area (Å²) in [4.78, 5) is 25.9. The van der Waals surface area contributed by atoms with E-state index in [9.17, 15) is 14.7 Å². The highest BCUT2D eigenvalue weighted by Gasteiger charge is 2.43. The molecule has 0 radical (unpaired) electrons. The van der Waals surface area contributed by atoms with Crippen LogP contribution in [-0.4, -0.2) is 67.5 Å². The Bertz CT molecular complexity index is 693. The number of fused-ring (bicyclic) bond motifs is 1. The highest BCUT2D eigenvalue weighted by Crippen LogP contribution is 2.38. The van der Waals surface area contributed by atoms with Crippen LogP contribution in [0.15, 0.2) is 24.3 Å². The van der Waals surface area contributed by atoms with Crippen LogP contribution in [0.4, 0.5) is 0 Å². The first-order valence-corrected chi connectivity index (χ1v) is 9.90. The molecule has 1 aromatic carbocycles. The normalized spacial score (nSPS) is 26.6. The van der Waals surface area contributed by atoms with Gasteiger partial charge in [-0.2, -0.15) is 0 Å². The molecule has 1 aliphatic carbocycles. The number of carbonyl (C=O) groups is 2. The second-order valence-corrected chi connectivity index (χ2v) is 7.48. The molecule has 1 heterocycles. The topological polar surface area (TPSA) is 85.3 Å². The molecule has 1 N–H and O–H groups in total. The highest BCUT2D eigenvalue weighted by atomic mass is 16.5. The summed E-state index contributed by atoms with van der Waals surface area (Å²) in [5, 5.41) is 10.6. The third-order valence-corrected chi connectivity index (χ3v) is 5.64. The third-order valence-electron chi connectivity index (χ3n) is 5.64. The number of rotatable bonds is 7. The molecule has 0 bridgehead atoms. The largest absolute Gasteiger partial charge is 0.488 e. The van der Waals surface area contributed by atoms with Gasteiger partial charge in [0.2, 0.25) is 5.91 Å². The zero-order valence-corrected chi connectivity index (χ0v) is 16.5. The lowest BCUT2D eigenvalue weighted by Gasteiger charge is -2.35. The maximum absolute atomic E-state index is 12.4. The Morgan fingerprint density at radius 3 is 2.68 bits per heavy atom. The second-order valence-electron chi connectivity index (χ2n) is 7.48. The van der Waals surface area contributed by atoms with Gasteiger partial charge in [0.25, 0.3) is 0 Å². The van der Waals surface area contributed by atoms with E-state index in [-0.39, 0.29) is 12.0 Å². The molecule has 0 spiro atoms. The van der Waals surface area contributed by atoms with E-state index in [1.165, 1.54) is 7.11 Å². The molecule has 7 nitrogen and oxygen atoms in total.